The first-order chi connectivity index (χ1) is 9.13. The van der Waals surface area contributed by atoms with Crippen LogP contribution in [0.15, 0.2) is 28.7 Å². The molecule has 100 valence electrons. The summed E-state index contributed by atoms with van der Waals surface area (Å²) in [6.07, 6.45) is 0.838. The first kappa shape index (κ1) is 13.6. The zero-order valence-electron chi connectivity index (χ0n) is 10.7. The molecule has 0 aliphatic carbocycles. The Morgan fingerprint density at radius 3 is 2.89 bits per heavy atom. The Labute approximate surface area is 119 Å². The van der Waals surface area contributed by atoms with Gasteiger partial charge >= 0.3 is 0 Å². The molecule has 2 N–H and O–H groups in total. The average molecular weight is 324 g/mol. The number of halogens is 1. The van der Waals surface area contributed by atoms with Crippen LogP contribution in [0.3, 0.4) is 0 Å². The van der Waals surface area contributed by atoms with Gasteiger partial charge in [-0.2, -0.15) is 5.10 Å². The molecule has 1 aromatic carbocycles. The molecule has 6 heteroatoms. The van der Waals surface area contributed by atoms with Gasteiger partial charge in [0, 0.05) is 16.2 Å². The minimum absolute atomic E-state index is 0.251. The summed E-state index contributed by atoms with van der Waals surface area (Å²) >= 11 is 3.34. The number of ether oxygens (including phenoxy) is 1. The van der Waals surface area contributed by atoms with Gasteiger partial charge in [-0.1, -0.05) is 22.9 Å². The smallest absolute Gasteiger partial charge is 0.260 e. The van der Waals surface area contributed by atoms with Gasteiger partial charge in [-0.25, -0.2) is 0 Å². The van der Waals surface area contributed by atoms with Gasteiger partial charge in [-0.15, -0.1) is 0 Å². The second-order valence-corrected chi connectivity index (χ2v) is 4.85. The largest absolute Gasteiger partial charge is 0.496 e. The van der Waals surface area contributed by atoms with Gasteiger partial charge in [0.25, 0.3) is 5.91 Å². The highest BCUT2D eigenvalue weighted by Gasteiger charge is 2.13. The number of hydrogen-bond acceptors (Lipinski definition) is 3. The van der Waals surface area contributed by atoms with Crippen molar-refractivity contribution in [2.75, 3.05) is 12.4 Å². The number of hydrogen-bond donors (Lipinski definition) is 2. The third kappa shape index (κ3) is 3.14. The van der Waals surface area contributed by atoms with Crippen LogP contribution < -0.4 is 10.1 Å². The number of aromatic amines is 1. The van der Waals surface area contributed by atoms with Crippen LogP contribution in [0.1, 0.15) is 23.0 Å². The average Bonchev–Trinajstić information content (AvgIpc) is 2.86. The Kier molecular flexibility index (Phi) is 4.21. The highest BCUT2D eigenvalue weighted by atomic mass is 79.9. The van der Waals surface area contributed by atoms with E-state index in [1.54, 1.807) is 18.2 Å². The topological polar surface area (TPSA) is 67.0 Å². The third-order valence-electron chi connectivity index (χ3n) is 2.66. The molecule has 2 aromatic rings. The number of methoxy groups -OCH3 is 1. The number of aryl methyl sites for hydroxylation is 1. The van der Waals surface area contributed by atoms with Crippen molar-refractivity contribution >= 4 is 27.7 Å². The van der Waals surface area contributed by atoms with Crippen LogP contribution in [0.2, 0.25) is 0 Å². The van der Waals surface area contributed by atoms with E-state index in [2.05, 4.69) is 31.4 Å². The molecule has 0 unspecified atom stereocenters. The first-order valence-electron chi connectivity index (χ1n) is 5.83. The van der Waals surface area contributed by atoms with Crippen molar-refractivity contribution in [3.63, 3.8) is 0 Å². The lowest BCUT2D eigenvalue weighted by atomic mass is 10.2. The van der Waals surface area contributed by atoms with E-state index in [9.17, 15) is 4.79 Å². The Morgan fingerprint density at radius 2 is 2.26 bits per heavy atom. The number of rotatable bonds is 4. The fourth-order valence-corrected chi connectivity index (χ4v) is 1.98. The number of aromatic nitrogens is 2. The van der Waals surface area contributed by atoms with Crippen molar-refractivity contribution in [1.82, 2.24) is 10.2 Å². The third-order valence-corrected chi connectivity index (χ3v) is 3.15. The predicted octanol–water partition coefficient (Wildman–Crippen LogP) is 3.00. The second-order valence-electron chi connectivity index (χ2n) is 3.93. The zero-order chi connectivity index (χ0) is 13.8. The van der Waals surface area contributed by atoms with Crippen LogP contribution in [0.4, 0.5) is 5.82 Å². The lowest BCUT2D eigenvalue weighted by Gasteiger charge is -2.08. The van der Waals surface area contributed by atoms with E-state index in [1.807, 2.05) is 13.0 Å². The van der Waals surface area contributed by atoms with Crippen molar-refractivity contribution in [3.05, 3.63) is 40.0 Å². The highest BCUT2D eigenvalue weighted by Crippen LogP contribution is 2.24. The van der Waals surface area contributed by atoms with Crippen molar-refractivity contribution in [2.45, 2.75) is 13.3 Å². The van der Waals surface area contributed by atoms with Crippen molar-refractivity contribution in [3.8, 4) is 5.75 Å². The molecule has 0 radical (unpaired) electrons. The number of carbonyl (C=O) groups excluding carboxylic acids is 1. The molecule has 0 bridgehead atoms. The zero-order valence-corrected chi connectivity index (χ0v) is 12.2. The Balaban J connectivity index is 2.20. The summed E-state index contributed by atoms with van der Waals surface area (Å²) in [7, 11) is 1.53. The molecule has 1 heterocycles. The van der Waals surface area contributed by atoms with Crippen molar-refractivity contribution in [2.24, 2.45) is 0 Å². The second kappa shape index (κ2) is 5.88. The van der Waals surface area contributed by atoms with E-state index in [-0.39, 0.29) is 5.91 Å². The maximum atomic E-state index is 12.1. The molecule has 0 fully saturated rings. The Bertz CT molecular complexity index is 595. The summed E-state index contributed by atoms with van der Waals surface area (Å²) in [5.41, 5.74) is 1.44. The van der Waals surface area contributed by atoms with Crippen LogP contribution in [0.5, 0.6) is 5.75 Å². The number of anilines is 1. The van der Waals surface area contributed by atoms with Gasteiger partial charge < -0.3 is 10.1 Å². The van der Waals surface area contributed by atoms with Crippen LogP contribution in [-0.2, 0) is 6.42 Å². The van der Waals surface area contributed by atoms with Crippen LogP contribution in [0.25, 0.3) is 0 Å². The van der Waals surface area contributed by atoms with Crippen LogP contribution >= 0.6 is 15.9 Å². The Morgan fingerprint density at radius 1 is 1.47 bits per heavy atom. The van der Waals surface area contributed by atoms with Crippen molar-refractivity contribution < 1.29 is 9.53 Å². The van der Waals surface area contributed by atoms with E-state index < -0.39 is 0 Å². The molecule has 0 aliphatic heterocycles. The number of amides is 1. The minimum atomic E-state index is -0.251. The van der Waals surface area contributed by atoms with E-state index >= 15 is 0 Å². The SMILES string of the molecule is CCc1cc(NC(=O)c2ccc(Br)cc2OC)n[nH]1. The van der Waals surface area contributed by atoms with Gasteiger partial charge in [0.15, 0.2) is 5.82 Å². The number of H-pyrrole nitrogens is 1. The normalized spacial score (nSPS) is 10.3. The number of nitrogens with zero attached hydrogens (tertiary/aromatic N) is 1. The van der Waals surface area contributed by atoms with Gasteiger partial charge in [0.05, 0.1) is 12.7 Å². The van der Waals surface area contributed by atoms with Crippen molar-refractivity contribution in [1.29, 1.82) is 0 Å². The molecule has 0 saturated carbocycles. The molecule has 19 heavy (non-hydrogen) atoms. The van der Waals surface area contributed by atoms with Crippen LogP contribution in [0, 0.1) is 0 Å². The molecule has 1 aromatic heterocycles. The summed E-state index contributed by atoms with van der Waals surface area (Å²) in [5, 5.41) is 9.60. The quantitative estimate of drug-likeness (QED) is 0.908. The fraction of sp³-hybridized carbons (Fsp3) is 0.231. The molecule has 1 amide bonds. The lowest BCUT2D eigenvalue weighted by Crippen LogP contribution is -2.13. The number of carbonyl (C=O) groups is 1. The molecule has 0 spiro atoms. The first-order valence-corrected chi connectivity index (χ1v) is 6.62. The molecular weight excluding hydrogens is 310 g/mol. The molecule has 0 aliphatic rings. The maximum absolute atomic E-state index is 12.1. The monoisotopic (exact) mass is 323 g/mol. The van der Waals surface area contributed by atoms with Gasteiger partial charge in [-0.3, -0.25) is 9.89 Å². The molecule has 0 atom stereocenters. The van der Waals surface area contributed by atoms with E-state index in [0.29, 0.717) is 17.1 Å². The lowest BCUT2D eigenvalue weighted by molar-refractivity contribution is 0.102. The van der Waals surface area contributed by atoms with Crippen LogP contribution in [-0.4, -0.2) is 23.2 Å². The molecule has 2 rings (SSSR count). The summed E-state index contributed by atoms with van der Waals surface area (Å²) in [6.45, 7) is 2.01. The fourth-order valence-electron chi connectivity index (χ4n) is 1.64. The summed E-state index contributed by atoms with van der Waals surface area (Å²) in [6, 6.07) is 7.05. The molecule has 0 saturated heterocycles. The summed E-state index contributed by atoms with van der Waals surface area (Å²) in [4.78, 5) is 12.1. The maximum Gasteiger partial charge on any atom is 0.260 e. The van der Waals surface area contributed by atoms with E-state index in [0.717, 1.165) is 16.6 Å². The standard InChI is InChI=1S/C13H14BrN3O2/c1-3-9-7-12(17-16-9)15-13(18)10-5-4-8(14)6-11(10)19-2/h4-7H,3H2,1-2H3,(H2,15,16,17,18). The summed E-state index contributed by atoms with van der Waals surface area (Å²) < 4.78 is 6.05. The van der Waals surface area contributed by atoms with E-state index in [1.165, 1.54) is 7.11 Å². The number of nitrogens with one attached hydrogen (secondary N) is 2. The summed E-state index contributed by atoms with van der Waals surface area (Å²) in [5.74, 6) is 0.767. The predicted molar refractivity (Wildman–Crippen MR) is 76.6 cm³/mol. The highest BCUT2D eigenvalue weighted by molar-refractivity contribution is 9.10. The Hall–Kier alpha value is -1.82. The van der Waals surface area contributed by atoms with Gasteiger partial charge in [0.1, 0.15) is 5.75 Å². The van der Waals surface area contributed by atoms with Gasteiger partial charge in [0.2, 0.25) is 0 Å². The molecule has 5 nitrogen and oxygen atoms in total. The molecular formula is C13H14BrN3O2. The number of benzene rings is 1. The minimum Gasteiger partial charge on any atom is -0.496 e. The van der Waals surface area contributed by atoms with E-state index in [4.69, 9.17) is 4.74 Å². The van der Waals surface area contributed by atoms with Gasteiger partial charge in [-0.05, 0) is 24.6 Å².